The molecule has 108 valence electrons. The van der Waals surface area contributed by atoms with Crippen molar-refractivity contribution in [1.82, 2.24) is 5.32 Å². The van der Waals surface area contributed by atoms with E-state index in [0.29, 0.717) is 29.6 Å². The summed E-state index contributed by atoms with van der Waals surface area (Å²) in [5, 5.41) is 12.2. The number of nitrogens with zero attached hydrogens (tertiary/aromatic N) is 1. The number of nitrogens with one attached hydrogen (secondary N) is 1. The normalized spacial score (nSPS) is 18.2. The van der Waals surface area contributed by atoms with Crippen LogP contribution in [0.1, 0.15) is 56.6 Å². The molecule has 1 saturated carbocycles. The first-order valence-electron chi connectivity index (χ1n) is 7.62. The van der Waals surface area contributed by atoms with Crippen LogP contribution in [0.3, 0.4) is 0 Å². The van der Waals surface area contributed by atoms with Gasteiger partial charge in [0.2, 0.25) is 0 Å². The average Bonchev–Trinajstić information content (AvgIpc) is 2.74. The molecule has 1 atom stereocenters. The van der Waals surface area contributed by atoms with Gasteiger partial charge in [-0.15, -0.1) is 0 Å². The predicted molar refractivity (Wildman–Crippen MR) is 78.6 cm³/mol. The Labute approximate surface area is 121 Å². The van der Waals surface area contributed by atoms with E-state index < -0.39 is 0 Å². The molecule has 20 heavy (non-hydrogen) atoms. The van der Waals surface area contributed by atoms with E-state index in [1.807, 2.05) is 6.07 Å². The molecule has 0 unspecified atom stereocenters. The van der Waals surface area contributed by atoms with Crippen LogP contribution in [0.4, 0.5) is 4.39 Å². The van der Waals surface area contributed by atoms with Gasteiger partial charge in [-0.2, -0.15) is 5.26 Å². The number of halogens is 1. The molecule has 0 amide bonds. The number of hydrogen-bond acceptors (Lipinski definition) is 2. The number of nitriles is 1. The Bertz CT molecular complexity index is 470. The van der Waals surface area contributed by atoms with Crippen LogP contribution in [-0.2, 0) is 6.54 Å². The minimum atomic E-state index is -0.287. The van der Waals surface area contributed by atoms with Gasteiger partial charge in [-0.1, -0.05) is 31.7 Å². The van der Waals surface area contributed by atoms with Gasteiger partial charge in [0.15, 0.2) is 0 Å². The van der Waals surface area contributed by atoms with Crippen molar-refractivity contribution in [3.05, 3.63) is 35.1 Å². The van der Waals surface area contributed by atoms with Crippen molar-refractivity contribution in [3.63, 3.8) is 0 Å². The van der Waals surface area contributed by atoms with Crippen molar-refractivity contribution < 1.29 is 4.39 Å². The van der Waals surface area contributed by atoms with Crippen LogP contribution in [0.25, 0.3) is 0 Å². The average molecular weight is 274 g/mol. The fraction of sp³-hybridized carbons (Fsp3) is 0.588. The summed E-state index contributed by atoms with van der Waals surface area (Å²) >= 11 is 0. The summed E-state index contributed by atoms with van der Waals surface area (Å²) in [7, 11) is 0. The first kappa shape index (κ1) is 15.0. The second kappa shape index (κ2) is 7.40. The highest BCUT2D eigenvalue weighted by Crippen LogP contribution is 2.25. The Balaban J connectivity index is 1.89. The largest absolute Gasteiger partial charge is 0.310 e. The van der Waals surface area contributed by atoms with E-state index in [0.717, 1.165) is 0 Å². The Hall–Kier alpha value is -1.40. The lowest BCUT2D eigenvalue weighted by Crippen LogP contribution is -2.33. The Morgan fingerprint density at radius 2 is 2.00 bits per heavy atom. The molecule has 3 heteroatoms. The zero-order chi connectivity index (χ0) is 14.4. The summed E-state index contributed by atoms with van der Waals surface area (Å²) < 4.78 is 13.8. The molecule has 2 rings (SSSR count). The highest BCUT2D eigenvalue weighted by Gasteiger charge is 2.18. The second-order valence-electron chi connectivity index (χ2n) is 5.84. The molecule has 1 aromatic carbocycles. The van der Waals surface area contributed by atoms with E-state index in [4.69, 9.17) is 5.26 Å². The van der Waals surface area contributed by atoms with Crippen molar-refractivity contribution in [1.29, 1.82) is 5.26 Å². The molecule has 1 fully saturated rings. The molecule has 1 aliphatic carbocycles. The maximum absolute atomic E-state index is 13.8. The molecule has 0 saturated heterocycles. The lowest BCUT2D eigenvalue weighted by atomic mass is 9.93. The summed E-state index contributed by atoms with van der Waals surface area (Å²) in [6.07, 6.45) is 7.92. The van der Waals surface area contributed by atoms with Crippen LogP contribution in [0.2, 0.25) is 0 Å². The van der Waals surface area contributed by atoms with Crippen molar-refractivity contribution >= 4 is 0 Å². The molecular formula is C17H23FN2. The van der Waals surface area contributed by atoms with Crippen LogP contribution in [0, 0.1) is 23.1 Å². The molecule has 0 radical (unpaired) electrons. The van der Waals surface area contributed by atoms with Crippen molar-refractivity contribution in [3.8, 4) is 6.07 Å². The van der Waals surface area contributed by atoms with E-state index in [1.165, 1.54) is 44.6 Å². The van der Waals surface area contributed by atoms with E-state index in [1.54, 1.807) is 12.1 Å². The summed E-state index contributed by atoms with van der Waals surface area (Å²) in [5.74, 6) is 0.420. The van der Waals surface area contributed by atoms with Gasteiger partial charge >= 0.3 is 0 Å². The molecule has 0 heterocycles. The first-order valence-corrected chi connectivity index (χ1v) is 7.62. The summed E-state index contributed by atoms with van der Waals surface area (Å²) in [6, 6.07) is 7.08. The smallest absolute Gasteiger partial charge is 0.129 e. The molecule has 1 aromatic rings. The van der Waals surface area contributed by atoms with Gasteiger partial charge in [-0.25, -0.2) is 4.39 Å². The van der Waals surface area contributed by atoms with E-state index in [2.05, 4.69) is 12.2 Å². The zero-order valence-electron chi connectivity index (χ0n) is 12.2. The maximum atomic E-state index is 13.8. The van der Waals surface area contributed by atoms with Crippen molar-refractivity contribution in [2.24, 2.45) is 5.92 Å². The van der Waals surface area contributed by atoms with Gasteiger partial charge in [0.1, 0.15) is 5.82 Å². The molecule has 1 aliphatic rings. The molecular weight excluding hydrogens is 251 g/mol. The Kier molecular flexibility index (Phi) is 5.55. The summed E-state index contributed by atoms with van der Waals surface area (Å²) in [6.45, 7) is 2.74. The fourth-order valence-corrected chi connectivity index (χ4v) is 3.01. The van der Waals surface area contributed by atoms with Crippen molar-refractivity contribution in [2.75, 3.05) is 0 Å². The van der Waals surface area contributed by atoms with Gasteiger partial charge in [0.05, 0.1) is 11.6 Å². The molecule has 2 nitrogen and oxygen atoms in total. The standard InChI is InChI=1S/C17H23FN2/c1-13(15-6-4-2-3-5-7-15)20-12-16-9-8-14(11-19)10-17(16)18/h8-10,13,15,20H,2-7,12H2,1H3/t13-/m0/s1. The lowest BCUT2D eigenvalue weighted by molar-refractivity contribution is 0.335. The predicted octanol–water partition coefficient (Wildman–Crippen LogP) is 4.15. The van der Waals surface area contributed by atoms with Gasteiger partial charge in [-0.05, 0) is 37.8 Å². The van der Waals surface area contributed by atoms with Gasteiger partial charge in [0, 0.05) is 18.2 Å². The molecule has 1 N–H and O–H groups in total. The monoisotopic (exact) mass is 274 g/mol. The minimum absolute atomic E-state index is 0.287. The van der Waals surface area contributed by atoms with Gasteiger partial charge < -0.3 is 5.32 Å². The number of rotatable bonds is 4. The molecule has 0 aromatic heterocycles. The quantitative estimate of drug-likeness (QED) is 0.837. The van der Waals surface area contributed by atoms with Gasteiger partial charge in [-0.3, -0.25) is 0 Å². The highest BCUT2D eigenvalue weighted by molar-refractivity contribution is 5.32. The lowest BCUT2D eigenvalue weighted by Gasteiger charge is -2.23. The molecule has 0 bridgehead atoms. The minimum Gasteiger partial charge on any atom is -0.310 e. The van der Waals surface area contributed by atoms with E-state index in [-0.39, 0.29) is 5.82 Å². The topological polar surface area (TPSA) is 35.8 Å². The summed E-state index contributed by atoms with van der Waals surface area (Å²) in [4.78, 5) is 0. The van der Waals surface area contributed by atoms with Crippen LogP contribution >= 0.6 is 0 Å². The third kappa shape index (κ3) is 4.05. The number of benzene rings is 1. The van der Waals surface area contributed by atoms with Crippen molar-refractivity contribution in [2.45, 2.75) is 58.0 Å². The molecule has 0 spiro atoms. The second-order valence-corrected chi connectivity index (χ2v) is 5.84. The van der Waals surface area contributed by atoms with Crippen LogP contribution < -0.4 is 5.32 Å². The highest BCUT2D eigenvalue weighted by atomic mass is 19.1. The fourth-order valence-electron chi connectivity index (χ4n) is 3.01. The van der Waals surface area contributed by atoms with Crippen LogP contribution in [0.15, 0.2) is 18.2 Å². The Morgan fingerprint density at radius 3 is 2.60 bits per heavy atom. The molecule has 0 aliphatic heterocycles. The van der Waals surface area contributed by atoms with Gasteiger partial charge in [0.25, 0.3) is 0 Å². The Morgan fingerprint density at radius 1 is 1.30 bits per heavy atom. The van der Waals surface area contributed by atoms with E-state index >= 15 is 0 Å². The number of hydrogen-bond donors (Lipinski definition) is 1. The van der Waals surface area contributed by atoms with Crippen LogP contribution in [-0.4, -0.2) is 6.04 Å². The van der Waals surface area contributed by atoms with Crippen LogP contribution in [0.5, 0.6) is 0 Å². The third-order valence-electron chi connectivity index (χ3n) is 4.40. The van der Waals surface area contributed by atoms with E-state index in [9.17, 15) is 4.39 Å². The first-order chi connectivity index (χ1) is 9.70. The summed E-state index contributed by atoms with van der Waals surface area (Å²) in [5.41, 5.74) is 1.02. The third-order valence-corrected chi connectivity index (χ3v) is 4.40. The maximum Gasteiger partial charge on any atom is 0.129 e. The SMILES string of the molecule is C[C@H](NCc1ccc(C#N)cc1F)C1CCCCCC1. The zero-order valence-corrected chi connectivity index (χ0v) is 12.2.